The van der Waals surface area contributed by atoms with E-state index in [1.54, 1.807) is 36.9 Å². The summed E-state index contributed by atoms with van der Waals surface area (Å²) in [4.78, 5) is 21.4. The van der Waals surface area contributed by atoms with E-state index in [1.807, 2.05) is 61.5 Å². The van der Waals surface area contributed by atoms with Crippen molar-refractivity contribution < 1.29 is 18.8 Å². The van der Waals surface area contributed by atoms with Gasteiger partial charge in [-0.1, -0.05) is 29.1 Å². The first-order chi connectivity index (χ1) is 16.1. The van der Waals surface area contributed by atoms with Gasteiger partial charge in [0.25, 0.3) is 11.8 Å². The molecule has 0 atom stereocenters. The lowest BCUT2D eigenvalue weighted by atomic mass is 10.1. The Labute approximate surface area is 195 Å². The van der Waals surface area contributed by atoms with Gasteiger partial charge in [0.05, 0.1) is 25.5 Å². The largest absolute Gasteiger partial charge is 0.497 e. The van der Waals surface area contributed by atoms with Crippen molar-refractivity contribution in [3.63, 3.8) is 0 Å². The quantitative estimate of drug-likeness (QED) is 0.387. The molecule has 0 spiro atoms. The van der Waals surface area contributed by atoms with Crippen molar-refractivity contribution in [2.45, 2.75) is 16.7 Å². The minimum Gasteiger partial charge on any atom is -0.497 e. The average molecular weight is 460 g/mol. The number of carbonyl (C=O) groups is 1. The Balaban J connectivity index is 1.54. The molecule has 5 rings (SSSR count). The maximum absolute atomic E-state index is 13.1. The highest BCUT2D eigenvalue weighted by molar-refractivity contribution is 7.99. The standard InChI is InChI=1S/C25H21N3O4S/c1-4-28-20-10-9-15(13-22(20)33-21-8-6-5-7-19(21)25(28)29)23-26-24(32-27-23)16-11-17(30-2)14-18(12-16)31-3/h5-14H,4H2,1-3H3. The van der Waals surface area contributed by atoms with Crippen LogP contribution >= 0.6 is 11.8 Å². The zero-order chi connectivity index (χ0) is 22.9. The number of anilines is 1. The van der Waals surface area contributed by atoms with Crippen molar-refractivity contribution in [2.24, 2.45) is 0 Å². The van der Waals surface area contributed by atoms with E-state index < -0.39 is 0 Å². The summed E-state index contributed by atoms with van der Waals surface area (Å²) in [6, 6.07) is 18.9. The summed E-state index contributed by atoms with van der Waals surface area (Å²) in [6.07, 6.45) is 0. The van der Waals surface area contributed by atoms with Crippen LogP contribution in [0.2, 0.25) is 0 Å². The molecule has 0 saturated heterocycles. The number of hydrogen-bond acceptors (Lipinski definition) is 7. The third-order valence-corrected chi connectivity index (χ3v) is 6.55. The summed E-state index contributed by atoms with van der Waals surface area (Å²) in [7, 11) is 3.18. The average Bonchev–Trinajstić information content (AvgIpc) is 3.31. The lowest BCUT2D eigenvalue weighted by molar-refractivity contribution is 0.0985. The van der Waals surface area contributed by atoms with Crippen LogP contribution in [0.4, 0.5) is 5.69 Å². The Morgan fingerprint density at radius 3 is 2.42 bits per heavy atom. The van der Waals surface area contributed by atoms with Gasteiger partial charge in [-0.15, -0.1) is 0 Å². The van der Waals surface area contributed by atoms with Gasteiger partial charge in [-0.2, -0.15) is 4.98 Å². The molecule has 2 heterocycles. The smallest absolute Gasteiger partial charge is 0.259 e. The zero-order valence-corrected chi connectivity index (χ0v) is 19.2. The number of nitrogens with zero attached hydrogens (tertiary/aromatic N) is 3. The molecule has 33 heavy (non-hydrogen) atoms. The van der Waals surface area contributed by atoms with Gasteiger partial charge in [0.1, 0.15) is 11.5 Å². The Bertz CT molecular complexity index is 1330. The van der Waals surface area contributed by atoms with Crippen LogP contribution in [0.1, 0.15) is 17.3 Å². The normalized spacial score (nSPS) is 12.7. The molecule has 1 aliphatic rings. The van der Waals surface area contributed by atoms with Crippen molar-refractivity contribution in [3.8, 4) is 34.3 Å². The van der Waals surface area contributed by atoms with E-state index in [0.717, 1.165) is 21.0 Å². The van der Waals surface area contributed by atoms with Crippen molar-refractivity contribution in [1.29, 1.82) is 0 Å². The summed E-state index contributed by atoms with van der Waals surface area (Å²) in [6.45, 7) is 2.55. The fourth-order valence-corrected chi connectivity index (χ4v) is 4.88. The van der Waals surface area contributed by atoms with Crippen molar-refractivity contribution >= 4 is 23.4 Å². The lowest BCUT2D eigenvalue weighted by Gasteiger charge is -2.21. The molecule has 7 nitrogen and oxygen atoms in total. The van der Waals surface area contributed by atoms with Crippen LogP contribution in [-0.4, -0.2) is 36.8 Å². The van der Waals surface area contributed by atoms with Crippen LogP contribution in [0.25, 0.3) is 22.8 Å². The molecule has 3 aromatic carbocycles. The monoisotopic (exact) mass is 459 g/mol. The predicted octanol–water partition coefficient (Wildman–Crippen LogP) is 5.55. The molecule has 0 unspecified atom stereocenters. The molecule has 4 aromatic rings. The summed E-state index contributed by atoms with van der Waals surface area (Å²) in [5, 5.41) is 4.19. The minimum absolute atomic E-state index is 0.000851. The van der Waals surface area contributed by atoms with E-state index in [-0.39, 0.29) is 5.91 Å². The van der Waals surface area contributed by atoms with Crippen LogP contribution in [0.15, 0.2) is 75.0 Å². The van der Waals surface area contributed by atoms with Gasteiger partial charge in [-0.25, -0.2) is 0 Å². The van der Waals surface area contributed by atoms with Gasteiger partial charge in [-0.05, 0) is 49.4 Å². The second-order valence-electron chi connectivity index (χ2n) is 7.35. The first-order valence-corrected chi connectivity index (χ1v) is 11.2. The Morgan fingerprint density at radius 1 is 0.939 bits per heavy atom. The number of rotatable bonds is 5. The Morgan fingerprint density at radius 2 is 1.70 bits per heavy atom. The van der Waals surface area contributed by atoms with Crippen LogP contribution in [0.5, 0.6) is 11.5 Å². The highest BCUT2D eigenvalue weighted by Gasteiger charge is 2.26. The van der Waals surface area contributed by atoms with E-state index in [4.69, 9.17) is 14.0 Å². The number of methoxy groups -OCH3 is 2. The molecule has 0 fully saturated rings. The van der Waals surface area contributed by atoms with Crippen molar-refractivity contribution in [3.05, 3.63) is 66.2 Å². The molecular formula is C25H21N3O4S. The second kappa shape index (κ2) is 8.63. The lowest BCUT2D eigenvalue weighted by Crippen LogP contribution is -2.30. The van der Waals surface area contributed by atoms with Gasteiger partial charge in [0.2, 0.25) is 5.82 Å². The molecule has 0 bridgehead atoms. The fourth-order valence-electron chi connectivity index (χ4n) is 3.77. The van der Waals surface area contributed by atoms with Crippen LogP contribution < -0.4 is 14.4 Å². The second-order valence-corrected chi connectivity index (χ2v) is 8.44. The summed E-state index contributed by atoms with van der Waals surface area (Å²) in [5.41, 5.74) is 3.07. The maximum Gasteiger partial charge on any atom is 0.259 e. The molecule has 0 saturated carbocycles. The first-order valence-electron chi connectivity index (χ1n) is 10.4. The number of hydrogen-bond donors (Lipinski definition) is 0. The fraction of sp³-hybridized carbons (Fsp3) is 0.160. The number of carbonyl (C=O) groups excluding carboxylic acids is 1. The SMILES string of the molecule is CCN1C(=O)c2ccccc2Sc2cc(-c3noc(-c4cc(OC)cc(OC)c4)n3)ccc21. The van der Waals surface area contributed by atoms with Gasteiger partial charge in [0.15, 0.2) is 0 Å². The molecule has 0 aliphatic carbocycles. The van der Waals surface area contributed by atoms with Crippen LogP contribution in [-0.2, 0) is 0 Å². The van der Waals surface area contributed by atoms with Gasteiger partial charge >= 0.3 is 0 Å². The molecule has 0 radical (unpaired) electrons. The van der Waals surface area contributed by atoms with Crippen molar-refractivity contribution in [1.82, 2.24) is 10.1 Å². The van der Waals surface area contributed by atoms with E-state index in [9.17, 15) is 4.79 Å². The van der Waals surface area contributed by atoms with E-state index in [0.29, 0.717) is 40.9 Å². The molecule has 166 valence electrons. The first kappa shape index (κ1) is 21.1. The summed E-state index contributed by atoms with van der Waals surface area (Å²) in [5.74, 6) is 2.09. The number of ether oxygens (including phenoxy) is 2. The number of amides is 1. The third kappa shape index (κ3) is 3.82. The molecule has 1 amide bonds. The van der Waals surface area contributed by atoms with Crippen LogP contribution in [0, 0.1) is 0 Å². The summed E-state index contributed by atoms with van der Waals surface area (Å²) >= 11 is 1.57. The third-order valence-electron chi connectivity index (χ3n) is 5.43. The van der Waals surface area contributed by atoms with Gasteiger partial charge in [-0.3, -0.25) is 4.79 Å². The summed E-state index contributed by atoms with van der Waals surface area (Å²) < 4.78 is 16.2. The topological polar surface area (TPSA) is 77.7 Å². The van der Waals surface area contributed by atoms with E-state index in [1.165, 1.54) is 0 Å². The molecule has 1 aromatic heterocycles. The van der Waals surface area contributed by atoms with Crippen LogP contribution in [0.3, 0.4) is 0 Å². The molecular weight excluding hydrogens is 438 g/mol. The molecule has 0 N–H and O–H groups in total. The maximum atomic E-state index is 13.1. The van der Waals surface area contributed by atoms with Gasteiger partial charge < -0.3 is 18.9 Å². The predicted molar refractivity (Wildman–Crippen MR) is 126 cm³/mol. The highest BCUT2D eigenvalue weighted by atomic mass is 32.2. The molecule has 1 aliphatic heterocycles. The van der Waals surface area contributed by atoms with E-state index in [2.05, 4.69) is 10.1 Å². The number of aromatic nitrogens is 2. The van der Waals surface area contributed by atoms with Crippen molar-refractivity contribution in [2.75, 3.05) is 25.7 Å². The molecule has 8 heteroatoms. The number of benzene rings is 3. The zero-order valence-electron chi connectivity index (χ0n) is 18.4. The minimum atomic E-state index is 0.000851. The Hall–Kier alpha value is -3.78. The van der Waals surface area contributed by atoms with Gasteiger partial charge in [0, 0.05) is 33.5 Å². The highest BCUT2D eigenvalue weighted by Crippen LogP contribution is 2.43. The number of fused-ring (bicyclic) bond motifs is 2. The Kier molecular flexibility index (Phi) is 5.51. The van der Waals surface area contributed by atoms with E-state index >= 15 is 0 Å².